The van der Waals surface area contributed by atoms with Gasteiger partial charge in [-0.05, 0) is 74.7 Å². The molecule has 0 aromatic heterocycles. The lowest BCUT2D eigenvalue weighted by molar-refractivity contribution is 1.24. The van der Waals surface area contributed by atoms with Crippen LogP contribution >= 0.6 is 23.5 Å². The van der Waals surface area contributed by atoms with Crippen LogP contribution in [0.1, 0.15) is 5.56 Å². The van der Waals surface area contributed by atoms with Gasteiger partial charge in [-0.25, -0.2) is 4.85 Å². The van der Waals surface area contributed by atoms with E-state index in [2.05, 4.69) is 161 Å². The van der Waals surface area contributed by atoms with E-state index in [1.54, 1.807) is 0 Å². The molecule has 7 aromatic carbocycles. The average Bonchev–Trinajstić information content (AvgIpc) is 3.19. The molecule has 236 valence electrons. The molecule has 3 nitrogen and oxygen atoms in total. The summed E-state index contributed by atoms with van der Waals surface area (Å²) in [6.45, 7) is 8.28. The molecule has 0 atom stereocenters. The highest BCUT2D eigenvalue weighted by molar-refractivity contribution is 8.01. The summed E-state index contributed by atoms with van der Waals surface area (Å²) in [5, 5.41) is 15.0. The van der Waals surface area contributed by atoms with Gasteiger partial charge in [-0.15, -0.1) is 0 Å². The van der Waals surface area contributed by atoms with Crippen LogP contribution in [0.25, 0.3) is 4.85 Å². The number of anilines is 3. The van der Waals surface area contributed by atoms with Crippen LogP contribution in [0, 0.1) is 17.9 Å². The van der Waals surface area contributed by atoms with Crippen molar-refractivity contribution in [2.75, 3.05) is 4.90 Å². The molecule has 10 rings (SSSR count). The molecule has 0 radical (unpaired) electrons. The zero-order chi connectivity index (χ0) is 34.1. The molecule has 0 fully saturated rings. The molecule has 0 bridgehead atoms. The summed E-state index contributed by atoms with van der Waals surface area (Å²) < 4.78 is 0. The lowest BCUT2D eigenvalue weighted by Crippen LogP contribution is -2.77. The highest BCUT2D eigenvalue weighted by Crippen LogP contribution is 2.45. The zero-order valence-corrected chi connectivity index (χ0v) is 29.9. The highest BCUT2D eigenvalue weighted by atomic mass is 32.2. The second-order valence-electron chi connectivity index (χ2n) is 13.0. The third-order valence-electron chi connectivity index (χ3n) is 10.5. The molecule has 0 amide bonds. The van der Waals surface area contributed by atoms with Gasteiger partial charge in [0.1, 0.15) is 0 Å². The summed E-state index contributed by atoms with van der Waals surface area (Å²) in [5.74, 6) is 0. The van der Waals surface area contributed by atoms with Gasteiger partial charge in [0, 0.05) is 36.6 Å². The minimum absolute atomic E-state index is 0.176. The molecule has 3 aliphatic heterocycles. The van der Waals surface area contributed by atoms with Crippen molar-refractivity contribution in [1.82, 2.24) is 0 Å². The monoisotopic (exact) mass is 699 g/mol. The van der Waals surface area contributed by atoms with E-state index in [1.807, 2.05) is 35.7 Å². The molecule has 0 aliphatic carbocycles. The van der Waals surface area contributed by atoms with Crippen molar-refractivity contribution in [3.05, 3.63) is 175 Å². The van der Waals surface area contributed by atoms with Gasteiger partial charge in [0.25, 0.3) is 0 Å². The topological polar surface area (TPSA) is 31.4 Å². The minimum Gasteiger partial charge on any atom is -0.311 e. The van der Waals surface area contributed by atoms with Gasteiger partial charge in [0.2, 0.25) is 6.71 Å². The van der Waals surface area contributed by atoms with Crippen molar-refractivity contribution >= 4 is 98.2 Å². The summed E-state index contributed by atoms with van der Waals surface area (Å²) in [6.07, 6.45) is 0. The van der Waals surface area contributed by atoms with Crippen molar-refractivity contribution in [3.8, 4) is 6.07 Å². The van der Waals surface area contributed by atoms with E-state index in [9.17, 15) is 5.26 Å². The standard InChI is InChI=1S/C44H26BN3S2Si/c1-47-30-21-23-37-43(25-30)51(32-12-4-2-5-13-32,33-14-6-3-7-15-33)42-24-29(28-46)20-22-36(42)48(37)31-26-40-44-41(27-31)50-39-19-11-9-17-35(39)45(44)34-16-8-10-18-38(34)49-40/h2-27H. The SMILES string of the molecule is [C-]#[N+]c1ccc2c(c1)[Si](c1ccccc1)(c1ccccc1)c1cc(C#N)ccc1N2c1cc2c3c(c1)Sc1ccccc1B3c1ccccc1S2. The predicted molar refractivity (Wildman–Crippen MR) is 215 cm³/mol. The molecule has 51 heavy (non-hydrogen) atoms. The molecule has 0 spiro atoms. The molecular formula is C44H26BN3S2Si. The van der Waals surface area contributed by atoms with Crippen LogP contribution in [0.4, 0.5) is 22.7 Å². The first kappa shape index (κ1) is 30.2. The first-order valence-corrected chi connectivity index (χ1v) is 20.5. The number of rotatable bonds is 3. The van der Waals surface area contributed by atoms with E-state index in [0.29, 0.717) is 11.3 Å². The molecule has 7 heteroatoms. The summed E-state index contributed by atoms with van der Waals surface area (Å²) in [5.41, 5.74) is 8.57. The summed E-state index contributed by atoms with van der Waals surface area (Å²) in [7, 11) is -3.04. The van der Waals surface area contributed by atoms with E-state index in [4.69, 9.17) is 6.57 Å². The fourth-order valence-electron chi connectivity index (χ4n) is 8.42. The van der Waals surface area contributed by atoms with E-state index < -0.39 is 8.07 Å². The molecule has 7 aromatic rings. The molecular weight excluding hydrogens is 674 g/mol. The zero-order valence-electron chi connectivity index (χ0n) is 27.2. The van der Waals surface area contributed by atoms with Gasteiger partial charge in [0.05, 0.1) is 18.2 Å². The average molecular weight is 700 g/mol. The maximum absolute atomic E-state index is 10.3. The fourth-order valence-corrected chi connectivity index (χ4v) is 16.0. The Morgan fingerprint density at radius 3 is 1.69 bits per heavy atom. The van der Waals surface area contributed by atoms with Crippen LogP contribution < -0.4 is 42.0 Å². The van der Waals surface area contributed by atoms with Gasteiger partial charge in [-0.1, -0.05) is 144 Å². The van der Waals surface area contributed by atoms with Gasteiger partial charge < -0.3 is 4.90 Å². The van der Waals surface area contributed by atoms with E-state index >= 15 is 0 Å². The lowest BCUT2D eigenvalue weighted by Gasteiger charge is -2.45. The number of benzene rings is 7. The Bertz CT molecular complexity index is 2470. The first-order chi connectivity index (χ1) is 25.2. The quantitative estimate of drug-likeness (QED) is 0.152. The van der Waals surface area contributed by atoms with E-state index in [1.165, 1.54) is 46.3 Å². The third kappa shape index (κ3) is 4.40. The molecule has 0 saturated heterocycles. The van der Waals surface area contributed by atoms with Gasteiger partial charge in [0.15, 0.2) is 13.8 Å². The smallest absolute Gasteiger partial charge is 0.247 e. The Morgan fingerprint density at radius 2 is 1.12 bits per heavy atom. The van der Waals surface area contributed by atoms with Crippen LogP contribution in [-0.2, 0) is 0 Å². The number of hydrogen-bond acceptors (Lipinski definition) is 4. The van der Waals surface area contributed by atoms with Crippen LogP contribution in [0.5, 0.6) is 0 Å². The summed E-state index contributed by atoms with van der Waals surface area (Å²) >= 11 is 3.71. The Morgan fingerprint density at radius 1 is 0.588 bits per heavy atom. The fraction of sp³-hybridized carbons (Fsp3) is 0. The van der Waals surface area contributed by atoms with E-state index in [-0.39, 0.29) is 6.71 Å². The number of nitrogens with zero attached hydrogens (tertiary/aromatic N) is 3. The van der Waals surface area contributed by atoms with Crippen molar-refractivity contribution in [1.29, 1.82) is 5.26 Å². The van der Waals surface area contributed by atoms with Crippen molar-refractivity contribution in [2.45, 2.75) is 19.6 Å². The minimum atomic E-state index is -3.04. The van der Waals surface area contributed by atoms with Gasteiger partial charge in [-0.2, -0.15) is 5.26 Å². The Kier molecular flexibility index (Phi) is 6.91. The van der Waals surface area contributed by atoms with Crippen LogP contribution in [0.15, 0.2) is 177 Å². The maximum Gasteiger partial charge on any atom is 0.247 e. The maximum atomic E-state index is 10.3. The Labute approximate surface area is 307 Å². The normalized spacial score (nSPS) is 14.2. The Hall–Kier alpha value is -5.70. The summed E-state index contributed by atoms with van der Waals surface area (Å²) in [4.78, 5) is 11.5. The van der Waals surface area contributed by atoms with E-state index in [0.717, 1.165) is 27.4 Å². The van der Waals surface area contributed by atoms with Crippen molar-refractivity contribution in [2.24, 2.45) is 0 Å². The van der Waals surface area contributed by atoms with Crippen LogP contribution in [0.3, 0.4) is 0 Å². The molecule has 0 saturated carbocycles. The molecule has 0 unspecified atom stereocenters. The lowest BCUT2D eigenvalue weighted by atomic mass is 9.36. The Balaban J connectivity index is 1.29. The number of hydrogen-bond donors (Lipinski definition) is 0. The highest BCUT2D eigenvalue weighted by Gasteiger charge is 2.49. The second-order valence-corrected chi connectivity index (χ2v) is 18.9. The first-order valence-electron chi connectivity index (χ1n) is 16.9. The molecule has 3 heterocycles. The molecule has 3 aliphatic rings. The van der Waals surface area contributed by atoms with Crippen LogP contribution in [-0.4, -0.2) is 14.8 Å². The second kappa shape index (κ2) is 11.7. The molecule has 0 N–H and O–H groups in total. The van der Waals surface area contributed by atoms with Crippen LogP contribution in [0.2, 0.25) is 0 Å². The predicted octanol–water partition coefficient (Wildman–Crippen LogP) is 6.72. The largest absolute Gasteiger partial charge is 0.311 e. The number of nitriles is 1. The van der Waals surface area contributed by atoms with Crippen molar-refractivity contribution in [3.63, 3.8) is 0 Å². The number of fused-ring (bicyclic) bond motifs is 6. The van der Waals surface area contributed by atoms with Gasteiger partial charge in [-0.3, -0.25) is 0 Å². The summed E-state index contributed by atoms with van der Waals surface area (Å²) in [6, 6.07) is 58.8. The van der Waals surface area contributed by atoms with Gasteiger partial charge >= 0.3 is 0 Å². The van der Waals surface area contributed by atoms with Crippen molar-refractivity contribution < 1.29 is 0 Å². The third-order valence-corrected chi connectivity index (χ3v) is 17.6.